The van der Waals surface area contributed by atoms with E-state index in [-0.39, 0.29) is 36.2 Å². The third kappa shape index (κ3) is 2.16. The van der Waals surface area contributed by atoms with Gasteiger partial charge in [-0.2, -0.15) is 0 Å². The minimum atomic E-state index is -0.773. The van der Waals surface area contributed by atoms with Crippen molar-refractivity contribution < 1.29 is 19.4 Å². The van der Waals surface area contributed by atoms with Gasteiger partial charge in [0.2, 0.25) is 0 Å². The Morgan fingerprint density at radius 2 is 2.05 bits per heavy atom. The molecule has 20 heavy (non-hydrogen) atoms. The zero-order chi connectivity index (χ0) is 14.3. The number of carbonyl (C=O) groups is 2. The van der Waals surface area contributed by atoms with Crippen molar-refractivity contribution in [3.05, 3.63) is 0 Å². The Kier molecular flexibility index (Phi) is 3.58. The van der Waals surface area contributed by atoms with Gasteiger partial charge in [-0.15, -0.1) is 0 Å². The van der Waals surface area contributed by atoms with Crippen LogP contribution in [-0.4, -0.2) is 53.3 Å². The summed E-state index contributed by atoms with van der Waals surface area (Å²) >= 11 is 0. The van der Waals surface area contributed by atoms with Gasteiger partial charge < -0.3 is 20.1 Å². The second-order valence-corrected chi connectivity index (χ2v) is 6.15. The molecule has 112 valence electrons. The van der Waals surface area contributed by atoms with Gasteiger partial charge in [-0.05, 0) is 38.5 Å². The summed E-state index contributed by atoms with van der Waals surface area (Å²) in [5.41, 5.74) is 0. The first-order valence-corrected chi connectivity index (χ1v) is 7.46. The molecule has 2 saturated heterocycles. The first-order valence-electron chi connectivity index (χ1n) is 7.46. The second kappa shape index (κ2) is 5.24. The normalized spacial score (nSPS) is 39.2. The SMILES string of the molecule is COC1CCCC1NC(=O)N1C2CCC1C(C(=O)O)C2. The fraction of sp³-hybridized carbons (Fsp3) is 0.857. The van der Waals surface area contributed by atoms with Crippen LogP contribution in [0, 0.1) is 5.92 Å². The molecule has 1 aliphatic carbocycles. The standard InChI is InChI=1S/C14H22N2O4/c1-20-12-4-2-3-10(12)15-14(19)16-8-5-6-11(16)9(7-8)13(17)18/h8-12H,2-7H2,1H3,(H,15,19)(H,17,18). The molecular weight excluding hydrogens is 260 g/mol. The molecule has 2 amide bonds. The van der Waals surface area contributed by atoms with E-state index >= 15 is 0 Å². The molecular formula is C14H22N2O4. The Bertz CT molecular complexity index is 414. The maximum atomic E-state index is 12.5. The molecule has 3 fully saturated rings. The van der Waals surface area contributed by atoms with Crippen molar-refractivity contribution in [1.82, 2.24) is 10.2 Å². The molecule has 0 aromatic carbocycles. The molecule has 6 heteroatoms. The van der Waals surface area contributed by atoms with E-state index in [9.17, 15) is 14.7 Å². The Morgan fingerprint density at radius 3 is 2.70 bits per heavy atom. The zero-order valence-electron chi connectivity index (χ0n) is 11.7. The lowest BCUT2D eigenvalue weighted by molar-refractivity contribution is -0.142. The fourth-order valence-electron chi connectivity index (χ4n) is 4.18. The van der Waals surface area contributed by atoms with E-state index in [1.165, 1.54) is 0 Å². The molecule has 3 rings (SSSR count). The van der Waals surface area contributed by atoms with E-state index in [0.717, 1.165) is 32.1 Å². The van der Waals surface area contributed by atoms with E-state index < -0.39 is 5.97 Å². The van der Waals surface area contributed by atoms with Gasteiger partial charge in [0, 0.05) is 19.2 Å². The van der Waals surface area contributed by atoms with Gasteiger partial charge in [-0.3, -0.25) is 4.79 Å². The van der Waals surface area contributed by atoms with E-state index in [2.05, 4.69) is 5.32 Å². The monoisotopic (exact) mass is 282 g/mol. The molecule has 0 aromatic heterocycles. The number of methoxy groups -OCH3 is 1. The lowest BCUT2D eigenvalue weighted by Gasteiger charge is -2.27. The van der Waals surface area contributed by atoms with Crippen LogP contribution in [0.15, 0.2) is 0 Å². The van der Waals surface area contributed by atoms with Crippen LogP contribution in [-0.2, 0) is 9.53 Å². The summed E-state index contributed by atoms with van der Waals surface area (Å²) in [6, 6.07) is -0.0608. The quantitative estimate of drug-likeness (QED) is 0.815. The third-order valence-corrected chi connectivity index (χ3v) is 5.15. The van der Waals surface area contributed by atoms with Gasteiger partial charge in [0.05, 0.1) is 18.1 Å². The van der Waals surface area contributed by atoms with Crippen molar-refractivity contribution in [2.75, 3.05) is 7.11 Å². The number of carboxylic acid groups (broad SMARTS) is 1. The number of hydrogen-bond donors (Lipinski definition) is 2. The summed E-state index contributed by atoms with van der Waals surface area (Å²) in [7, 11) is 1.68. The average molecular weight is 282 g/mol. The molecule has 2 aliphatic heterocycles. The molecule has 1 saturated carbocycles. The summed E-state index contributed by atoms with van der Waals surface area (Å²) in [5.74, 6) is -1.16. The van der Waals surface area contributed by atoms with E-state index in [1.54, 1.807) is 12.0 Å². The van der Waals surface area contributed by atoms with Crippen molar-refractivity contribution >= 4 is 12.0 Å². The number of aliphatic carboxylic acids is 1. The molecule has 0 aromatic rings. The minimum absolute atomic E-state index is 0.0655. The summed E-state index contributed by atoms with van der Waals surface area (Å²) in [6.45, 7) is 0. The Labute approximate surface area is 118 Å². The molecule has 0 spiro atoms. The highest BCUT2D eigenvalue weighted by Crippen LogP contribution is 2.41. The predicted octanol–water partition coefficient (Wildman–Crippen LogP) is 1.20. The molecule has 0 radical (unpaired) electrons. The first kappa shape index (κ1) is 13.7. The molecule has 2 heterocycles. The van der Waals surface area contributed by atoms with Gasteiger partial charge in [-0.25, -0.2) is 4.79 Å². The number of nitrogens with zero attached hydrogens (tertiary/aromatic N) is 1. The Hall–Kier alpha value is -1.30. The molecule has 2 bridgehead atoms. The predicted molar refractivity (Wildman–Crippen MR) is 71.4 cm³/mol. The lowest BCUT2D eigenvalue weighted by Crippen LogP contribution is -2.50. The van der Waals surface area contributed by atoms with Crippen LogP contribution in [0.4, 0.5) is 4.79 Å². The van der Waals surface area contributed by atoms with Crippen molar-refractivity contribution in [2.45, 2.75) is 62.8 Å². The number of rotatable bonds is 3. The topological polar surface area (TPSA) is 78.9 Å². The highest BCUT2D eigenvalue weighted by molar-refractivity contribution is 5.79. The minimum Gasteiger partial charge on any atom is -0.481 e. The van der Waals surface area contributed by atoms with Gasteiger partial charge in [-0.1, -0.05) is 0 Å². The number of nitrogens with one attached hydrogen (secondary N) is 1. The van der Waals surface area contributed by atoms with E-state index in [1.807, 2.05) is 0 Å². The number of ether oxygens (including phenoxy) is 1. The van der Waals surface area contributed by atoms with Crippen LogP contribution in [0.5, 0.6) is 0 Å². The highest BCUT2D eigenvalue weighted by atomic mass is 16.5. The van der Waals surface area contributed by atoms with Crippen molar-refractivity contribution in [1.29, 1.82) is 0 Å². The van der Waals surface area contributed by atoms with E-state index in [0.29, 0.717) is 6.42 Å². The average Bonchev–Trinajstić information content (AvgIpc) is 3.11. The molecule has 6 nitrogen and oxygen atoms in total. The van der Waals surface area contributed by atoms with Gasteiger partial charge >= 0.3 is 12.0 Å². The maximum absolute atomic E-state index is 12.5. The van der Waals surface area contributed by atoms with Crippen LogP contribution >= 0.6 is 0 Å². The number of urea groups is 1. The van der Waals surface area contributed by atoms with Crippen molar-refractivity contribution in [3.8, 4) is 0 Å². The van der Waals surface area contributed by atoms with Crippen LogP contribution in [0.3, 0.4) is 0 Å². The highest BCUT2D eigenvalue weighted by Gasteiger charge is 2.51. The summed E-state index contributed by atoms with van der Waals surface area (Å²) in [4.78, 5) is 25.5. The fourth-order valence-corrected chi connectivity index (χ4v) is 4.18. The molecule has 5 unspecified atom stereocenters. The smallest absolute Gasteiger partial charge is 0.318 e. The van der Waals surface area contributed by atoms with Gasteiger partial charge in [0.25, 0.3) is 0 Å². The number of amides is 2. The second-order valence-electron chi connectivity index (χ2n) is 6.15. The number of hydrogen-bond acceptors (Lipinski definition) is 3. The molecule has 3 aliphatic rings. The van der Waals surface area contributed by atoms with Crippen molar-refractivity contribution in [3.63, 3.8) is 0 Å². The summed E-state index contributed by atoms with van der Waals surface area (Å²) in [5, 5.41) is 12.3. The zero-order valence-corrected chi connectivity index (χ0v) is 11.7. The van der Waals surface area contributed by atoms with Gasteiger partial charge in [0.15, 0.2) is 0 Å². The Balaban J connectivity index is 1.65. The van der Waals surface area contributed by atoms with Crippen LogP contribution in [0.2, 0.25) is 0 Å². The third-order valence-electron chi connectivity index (χ3n) is 5.15. The Morgan fingerprint density at radius 1 is 1.25 bits per heavy atom. The maximum Gasteiger partial charge on any atom is 0.318 e. The van der Waals surface area contributed by atoms with Crippen LogP contribution in [0.25, 0.3) is 0 Å². The van der Waals surface area contributed by atoms with Gasteiger partial charge in [0.1, 0.15) is 0 Å². The number of carboxylic acids is 1. The summed E-state index contributed by atoms with van der Waals surface area (Å²) < 4.78 is 5.39. The number of carbonyl (C=O) groups excluding carboxylic acids is 1. The molecule has 2 N–H and O–H groups in total. The first-order chi connectivity index (χ1) is 9.61. The number of fused-ring (bicyclic) bond motifs is 2. The largest absolute Gasteiger partial charge is 0.481 e. The molecule has 5 atom stereocenters. The van der Waals surface area contributed by atoms with Crippen LogP contribution < -0.4 is 5.32 Å². The lowest BCUT2D eigenvalue weighted by atomic mass is 9.89. The van der Waals surface area contributed by atoms with E-state index in [4.69, 9.17) is 4.74 Å². The van der Waals surface area contributed by atoms with Crippen LogP contribution in [0.1, 0.15) is 38.5 Å². The van der Waals surface area contributed by atoms with Crippen molar-refractivity contribution in [2.24, 2.45) is 5.92 Å². The summed E-state index contributed by atoms with van der Waals surface area (Å²) in [6.07, 6.45) is 5.42.